The molecule has 1 N–H and O–H groups in total. The van der Waals surface area contributed by atoms with Gasteiger partial charge in [-0.1, -0.05) is 0 Å². The van der Waals surface area contributed by atoms with Crippen molar-refractivity contribution in [3.05, 3.63) is 18.0 Å². The maximum atomic E-state index is 13.1. The number of carbonyl (C=O) groups is 1. The molecule has 3 saturated heterocycles. The number of amides is 1. The van der Waals surface area contributed by atoms with E-state index >= 15 is 0 Å². The second kappa shape index (κ2) is 8.06. The lowest BCUT2D eigenvalue weighted by Gasteiger charge is -2.38. The van der Waals surface area contributed by atoms with Gasteiger partial charge in [-0.3, -0.25) is 14.4 Å². The summed E-state index contributed by atoms with van der Waals surface area (Å²) in [6, 6.07) is 0. The predicted molar refractivity (Wildman–Crippen MR) is 98.9 cm³/mol. The molecule has 0 saturated carbocycles. The summed E-state index contributed by atoms with van der Waals surface area (Å²) in [5.74, 6) is 1.37. The van der Waals surface area contributed by atoms with Crippen LogP contribution in [0.15, 0.2) is 12.4 Å². The van der Waals surface area contributed by atoms with Crippen molar-refractivity contribution in [1.82, 2.24) is 24.9 Å². The maximum Gasteiger partial charge on any atom is 0.227 e. The average molecular weight is 361 g/mol. The Morgan fingerprint density at radius 3 is 2.69 bits per heavy atom. The van der Waals surface area contributed by atoms with E-state index in [0.717, 1.165) is 64.9 Å². The molecule has 26 heavy (non-hydrogen) atoms. The Morgan fingerprint density at radius 1 is 1.23 bits per heavy atom. The molecule has 0 spiro atoms. The van der Waals surface area contributed by atoms with Gasteiger partial charge in [-0.25, -0.2) is 0 Å². The Morgan fingerprint density at radius 2 is 2.00 bits per heavy atom. The van der Waals surface area contributed by atoms with Gasteiger partial charge >= 0.3 is 0 Å². The molecule has 3 aliphatic heterocycles. The highest BCUT2D eigenvalue weighted by Gasteiger charge is 2.37. The Balaban J connectivity index is 1.30. The first-order valence-electron chi connectivity index (χ1n) is 9.99. The van der Waals surface area contributed by atoms with Gasteiger partial charge in [-0.2, -0.15) is 5.10 Å². The molecule has 0 aromatic carbocycles. The van der Waals surface area contributed by atoms with E-state index in [2.05, 4.69) is 20.2 Å². The third-order valence-electron chi connectivity index (χ3n) is 6.23. The first-order chi connectivity index (χ1) is 12.7. The first-order valence-corrected chi connectivity index (χ1v) is 9.99. The van der Waals surface area contributed by atoms with Crippen molar-refractivity contribution in [2.45, 2.75) is 18.8 Å². The Kier molecular flexibility index (Phi) is 5.57. The van der Waals surface area contributed by atoms with Crippen LogP contribution in [0.2, 0.25) is 0 Å². The third-order valence-corrected chi connectivity index (χ3v) is 6.23. The molecule has 7 nitrogen and oxygen atoms in total. The predicted octanol–water partition coefficient (Wildman–Crippen LogP) is 0.294. The van der Waals surface area contributed by atoms with Gasteiger partial charge in [0, 0.05) is 78.2 Å². The summed E-state index contributed by atoms with van der Waals surface area (Å²) in [7, 11) is 1.93. The summed E-state index contributed by atoms with van der Waals surface area (Å²) in [6.45, 7) is 8.35. The zero-order valence-corrected chi connectivity index (χ0v) is 15.8. The van der Waals surface area contributed by atoms with E-state index in [4.69, 9.17) is 4.74 Å². The van der Waals surface area contributed by atoms with Gasteiger partial charge in [0.05, 0.1) is 12.1 Å². The van der Waals surface area contributed by atoms with Gasteiger partial charge in [0.2, 0.25) is 5.91 Å². The van der Waals surface area contributed by atoms with E-state index in [1.807, 2.05) is 24.1 Å². The summed E-state index contributed by atoms with van der Waals surface area (Å²) < 4.78 is 7.28. The van der Waals surface area contributed by atoms with E-state index in [9.17, 15) is 4.79 Å². The van der Waals surface area contributed by atoms with Crippen LogP contribution in [0.3, 0.4) is 0 Å². The second-order valence-corrected chi connectivity index (χ2v) is 8.00. The number of hydrogen-bond acceptors (Lipinski definition) is 5. The molecule has 4 heterocycles. The summed E-state index contributed by atoms with van der Waals surface area (Å²) in [5.41, 5.74) is 1.18. The van der Waals surface area contributed by atoms with Crippen LogP contribution >= 0.6 is 0 Å². The van der Waals surface area contributed by atoms with Crippen molar-refractivity contribution in [2.24, 2.45) is 18.9 Å². The molecule has 144 valence electrons. The summed E-state index contributed by atoms with van der Waals surface area (Å²) in [6.07, 6.45) is 6.31. The van der Waals surface area contributed by atoms with Crippen molar-refractivity contribution in [3.8, 4) is 0 Å². The molecule has 0 aliphatic carbocycles. The smallest absolute Gasteiger partial charge is 0.227 e. The largest absolute Gasteiger partial charge is 0.381 e. The first kappa shape index (κ1) is 17.9. The summed E-state index contributed by atoms with van der Waals surface area (Å²) in [5, 5.41) is 7.69. The molecule has 1 aromatic heterocycles. The number of carbonyl (C=O) groups excluding carboxylic acids is 1. The highest BCUT2D eigenvalue weighted by atomic mass is 16.5. The second-order valence-electron chi connectivity index (χ2n) is 8.00. The normalized spacial score (nSPS) is 28.6. The fraction of sp³-hybridized carbons (Fsp3) is 0.789. The molecular formula is C19H31N5O2. The van der Waals surface area contributed by atoms with Crippen molar-refractivity contribution in [3.63, 3.8) is 0 Å². The van der Waals surface area contributed by atoms with Crippen molar-refractivity contribution < 1.29 is 9.53 Å². The van der Waals surface area contributed by atoms with E-state index in [1.54, 1.807) is 0 Å². The van der Waals surface area contributed by atoms with Gasteiger partial charge < -0.3 is 15.0 Å². The Hall–Kier alpha value is -1.44. The fourth-order valence-corrected chi connectivity index (χ4v) is 4.60. The molecule has 7 heteroatoms. The molecule has 0 unspecified atom stereocenters. The number of ether oxygens (including phenoxy) is 1. The highest BCUT2D eigenvalue weighted by molar-refractivity contribution is 5.80. The van der Waals surface area contributed by atoms with Crippen LogP contribution in [0.4, 0.5) is 0 Å². The molecule has 3 aliphatic rings. The zero-order chi connectivity index (χ0) is 17.9. The van der Waals surface area contributed by atoms with Crippen molar-refractivity contribution in [1.29, 1.82) is 0 Å². The molecule has 1 aromatic rings. The van der Waals surface area contributed by atoms with Gasteiger partial charge in [-0.15, -0.1) is 0 Å². The van der Waals surface area contributed by atoms with Gasteiger partial charge in [0.25, 0.3) is 0 Å². The lowest BCUT2D eigenvalue weighted by molar-refractivity contribution is -0.137. The maximum absolute atomic E-state index is 13.1. The third kappa shape index (κ3) is 3.94. The van der Waals surface area contributed by atoms with Crippen LogP contribution < -0.4 is 5.32 Å². The SMILES string of the molecule is Cn1cc([C@H]2CNC[C@@H]2C(=O)N2CCN(CC3CCOCC3)CC2)cn1. The van der Waals surface area contributed by atoms with Crippen LogP contribution in [0.1, 0.15) is 24.3 Å². The minimum Gasteiger partial charge on any atom is -0.381 e. The fourth-order valence-electron chi connectivity index (χ4n) is 4.60. The van der Waals surface area contributed by atoms with Gasteiger partial charge in [0.1, 0.15) is 0 Å². The molecule has 3 fully saturated rings. The van der Waals surface area contributed by atoms with Crippen LogP contribution in [0, 0.1) is 11.8 Å². The van der Waals surface area contributed by atoms with E-state index in [0.29, 0.717) is 5.91 Å². The number of aryl methyl sites for hydroxylation is 1. The molecular weight excluding hydrogens is 330 g/mol. The molecule has 0 bridgehead atoms. The number of hydrogen-bond donors (Lipinski definition) is 1. The van der Waals surface area contributed by atoms with Crippen LogP contribution in [0.5, 0.6) is 0 Å². The van der Waals surface area contributed by atoms with E-state index in [1.165, 1.54) is 18.4 Å². The Labute approximate surface area is 155 Å². The molecule has 1 amide bonds. The highest BCUT2D eigenvalue weighted by Crippen LogP contribution is 2.29. The zero-order valence-electron chi connectivity index (χ0n) is 15.8. The lowest BCUT2D eigenvalue weighted by Crippen LogP contribution is -2.52. The van der Waals surface area contributed by atoms with Crippen LogP contribution in [0.25, 0.3) is 0 Å². The van der Waals surface area contributed by atoms with Crippen molar-refractivity contribution in [2.75, 3.05) is 59.0 Å². The lowest BCUT2D eigenvalue weighted by atomic mass is 9.89. The molecule has 2 atom stereocenters. The standard InChI is InChI=1S/C19H31N5O2/c1-22-14-16(10-21-22)17-11-20-12-18(17)19(25)24-6-4-23(5-7-24)13-15-2-8-26-9-3-15/h10,14-15,17-18,20H,2-9,11-13H2,1H3/t17-,18+/m1/s1. The number of piperazine rings is 1. The number of nitrogens with one attached hydrogen (secondary N) is 1. The van der Waals surface area contributed by atoms with Gasteiger partial charge in [0.15, 0.2) is 0 Å². The summed E-state index contributed by atoms with van der Waals surface area (Å²) >= 11 is 0. The Bertz CT molecular complexity index is 605. The monoisotopic (exact) mass is 361 g/mol. The molecule has 4 rings (SSSR count). The van der Waals surface area contributed by atoms with Crippen molar-refractivity contribution >= 4 is 5.91 Å². The molecule has 0 radical (unpaired) electrons. The number of aromatic nitrogens is 2. The van der Waals surface area contributed by atoms with E-state index < -0.39 is 0 Å². The minimum atomic E-state index is 0.0428. The van der Waals surface area contributed by atoms with Crippen LogP contribution in [-0.4, -0.2) is 84.5 Å². The quantitative estimate of drug-likeness (QED) is 0.835. The number of rotatable bonds is 4. The number of nitrogens with zero attached hydrogens (tertiary/aromatic N) is 4. The van der Waals surface area contributed by atoms with Gasteiger partial charge in [-0.05, 0) is 24.3 Å². The average Bonchev–Trinajstić information content (AvgIpc) is 3.31. The topological polar surface area (TPSA) is 62.6 Å². The minimum absolute atomic E-state index is 0.0428. The summed E-state index contributed by atoms with van der Waals surface area (Å²) in [4.78, 5) is 17.7. The van der Waals surface area contributed by atoms with E-state index in [-0.39, 0.29) is 11.8 Å². The van der Waals surface area contributed by atoms with Crippen LogP contribution in [-0.2, 0) is 16.6 Å².